The molecule has 0 atom stereocenters. The van der Waals surface area contributed by atoms with Crippen LogP contribution < -0.4 is 4.90 Å². The fourth-order valence-electron chi connectivity index (χ4n) is 9.37. The van der Waals surface area contributed by atoms with E-state index in [1.165, 1.54) is 54.6 Å². The summed E-state index contributed by atoms with van der Waals surface area (Å²) in [6.45, 7) is 0. The van der Waals surface area contributed by atoms with Gasteiger partial charge in [0.15, 0.2) is 0 Å². The Morgan fingerprint density at radius 3 is 1.78 bits per heavy atom. The Balaban J connectivity index is 1.14. The molecule has 0 saturated carbocycles. The molecule has 0 aliphatic carbocycles. The number of benzene rings is 10. The molecule has 0 amide bonds. The van der Waals surface area contributed by atoms with E-state index in [-0.39, 0.29) is 0 Å². The molecule has 0 fully saturated rings. The standard InChI is InChI=1S/C56H36N2O/c1-3-16-37(17-4-1)38-30-32-41(33-31-38)57(40-19-5-2-6-20-40)42-21-15-22-43(35-42)58-50-28-13-11-26-47(50)54-51(58)36-53-55(48-27-12-14-29-52(48)59-53)56(54)49-34-39-18-7-8-23-44(39)45-24-9-10-25-46(45)49/h1-36H. The molecule has 0 aliphatic heterocycles. The summed E-state index contributed by atoms with van der Waals surface area (Å²) in [6, 6.07) is 78.6. The van der Waals surface area contributed by atoms with E-state index < -0.39 is 0 Å². The second-order valence-corrected chi connectivity index (χ2v) is 15.3. The van der Waals surface area contributed by atoms with Gasteiger partial charge in [0.05, 0.1) is 11.0 Å². The lowest BCUT2D eigenvalue weighted by Crippen LogP contribution is -2.10. The molecule has 10 aromatic carbocycles. The van der Waals surface area contributed by atoms with E-state index in [2.05, 4.69) is 228 Å². The van der Waals surface area contributed by atoms with Crippen molar-refractivity contribution in [3.05, 3.63) is 218 Å². The minimum absolute atomic E-state index is 0.871. The van der Waals surface area contributed by atoms with Crippen LogP contribution in [0.3, 0.4) is 0 Å². The van der Waals surface area contributed by atoms with Crippen LogP contribution in [0.4, 0.5) is 17.1 Å². The normalized spacial score (nSPS) is 11.7. The summed E-state index contributed by atoms with van der Waals surface area (Å²) < 4.78 is 9.23. The minimum atomic E-state index is 0.871. The molecule has 276 valence electrons. The average Bonchev–Trinajstić information content (AvgIpc) is 3.84. The van der Waals surface area contributed by atoms with E-state index >= 15 is 0 Å². The Labute approximate surface area is 341 Å². The molecule has 0 N–H and O–H groups in total. The van der Waals surface area contributed by atoms with Crippen LogP contribution in [0.25, 0.3) is 93.2 Å². The Kier molecular flexibility index (Phi) is 7.54. The fraction of sp³-hybridized carbons (Fsp3) is 0. The summed E-state index contributed by atoms with van der Waals surface area (Å²) in [5, 5.41) is 9.60. The maximum atomic E-state index is 6.81. The molecule has 2 aromatic heterocycles. The smallest absolute Gasteiger partial charge is 0.138 e. The number of hydrogen-bond donors (Lipinski definition) is 0. The lowest BCUT2D eigenvalue weighted by Gasteiger charge is -2.26. The molecule has 0 unspecified atom stereocenters. The van der Waals surface area contributed by atoms with Crippen molar-refractivity contribution < 1.29 is 4.42 Å². The summed E-state index contributed by atoms with van der Waals surface area (Å²) in [5.74, 6) is 0. The lowest BCUT2D eigenvalue weighted by molar-refractivity contribution is 0.669. The van der Waals surface area contributed by atoms with Gasteiger partial charge in [-0.25, -0.2) is 0 Å². The van der Waals surface area contributed by atoms with Crippen LogP contribution in [0.1, 0.15) is 0 Å². The number of hydrogen-bond acceptors (Lipinski definition) is 2. The van der Waals surface area contributed by atoms with Crippen molar-refractivity contribution in [2.24, 2.45) is 0 Å². The third-order valence-corrected chi connectivity index (χ3v) is 11.9. The highest BCUT2D eigenvalue weighted by atomic mass is 16.3. The topological polar surface area (TPSA) is 21.3 Å². The Hall–Kier alpha value is -7.88. The summed E-state index contributed by atoms with van der Waals surface area (Å²) >= 11 is 0. The van der Waals surface area contributed by atoms with Crippen LogP contribution in [-0.4, -0.2) is 4.57 Å². The molecule has 2 heterocycles. The van der Waals surface area contributed by atoms with E-state index in [9.17, 15) is 0 Å². The van der Waals surface area contributed by atoms with Gasteiger partial charge in [-0.2, -0.15) is 0 Å². The zero-order valence-corrected chi connectivity index (χ0v) is 32.1. The van der Waals surface area contributed by atoms with Crippen molar-refractivity contribution in [3.8, 4) is 27.9 Å². The largest absolute Gasteiger partial charge is 0.456 e. The Bertz CT molecular complexity index is 3540. The van der Waals surface area contributed by atoms with Gasteiger partial charge in [0.25, 0.3) is 0 Å². The van der Waals surface area contributed by atoms with Crippen molar-refractivity contribution >= 4 is 82.4 Å². The van der Waals surface area contributed by atoms with Gasteiger partial charge in [-0.3, -0.25) is 0 Å². The molecule has 59 heavy (non-hydrogen) atoms. The monoisotopic (exact) mass is 752 g/mol. The average molecular weight is 753 g/mol. The Morgan fingerprint density at radius 1 is 0.356 bits per heavy atom. The molecule has 0 spiro atoms. The number of aromatic nitrogens is 1. The predicted molar refractivity (Wildman–Crippen MR) is 249 cm³/mol. The third kappa shape index (κ3) is 5.29. The molecule has 3 heteroatoms. The van der Waals surface area contributed by atoms with Gasteiger partial charge in [-0.05, 0) is 98.9 Å². The summed E-state index contributed by atoms with van der Waals surface area (Å²) in [4.78, 5) is 2.34. The van der Waals surface area contributed by atoms with Gasteiger partial charge in [0.1, 0.15) is 11.2 Å². The lowest BCUT2D eigenvalue weighted by atomic mass is 9.88. The molecule has 0 aliphatic rings. The van der Waals surface area contributed by atoms with Crippen LogP contribution in [0.15, 0.2) is 223 Å². The van der Waals surface area contributed by atoms with E-state index in [0.29, 0.717) is 0 Å². The highest BCUT2D eigenvalue weighted by Crippen LogP contribution is 2.49. The second kappa shape index (κ2) is 13.4. The first-order chi connectivity index (χ1) is 29.3. The van der Waals surface area contributed by atoms with E-state index in [0.717, 1.165) is 55.7 Å². The quantitative estimate of drug-likeness (QED) is 0.158. The minimum Gasteiger partial charge on any atom is -0.456 e. The third-order valence-electron chi connectivity index (χ3n) is 11.9. The fourth-order valence-corrected chi connectivity index (χ4v) is 9.37. The van der Waals surface area contributed by atoms with Crippen molar-refractivity contribution in [1.82, 2.24) is 4.57 Å². The number of rotatable bonds is 6. The predicted octanol–water partition coefficient (Wildman–Crippen LogP) is 15.8. The molecule has 3 nitrogen and oxygen atoms in total. The molecular formula is C56H36N2O. The highest BCUT2D eigenvalue weighted by Gasteiger charge is 2.25. The van der Waals surface area contributed by atoms with E-state index in [1.54, 1.807) is 0 Å². The van der Waals surface area contributed by atoms with Crippen molar-refractivity contribution in [2.45, 2.75) is 0 Å². The van der Waals surface area contributed by atoms with Crippen molar-refractivity contribution in [1.29, 1.82) is 0 Å². The van der Waals surface area contributed by atoms with Crippen LogP contribution in [0.2, 0.25) is 0 Å². The van der Waals surface area contributed by atoms with E-state index in [1.807, 2.05) is 0 Å². The molecule has 0 bridgehead atoms. The molecule has 0 saturated heterocycles. The maximum Gasteiger partial charge on any atom is 0.138 e. The molecular weight excluding hydrogens is 717 g/mol. The van der Waals surface area contributed by atoms with Crippen LogP contribution in [-0.2, 0) is 0 Å². The maximum absolute atomic E-state index is 6.81. The second-order valence-electron chi connectivity index (χ2n) is 15.3. The zero-order chi connectivity index (χ0) is 38.9. The van der Waals surface area contributed by atoms with Crippen LogP contribution in [0.5, 0.6) is 0 Å². The number of fused-ring (bicyclic) bond motifs is 9. The van der Waals surface area contributed by atoms with Gasteiger partial charge in [0, 0.05) is 55.9 Å². The first-order valence-corrected chi connectivity index (χ1v) is 20.2. The number of para-hydroxylation sites is 3. The van der Waals surface area contributed by atoms with Gasteiger partial charge < -0.3 is 13.9 Å². The van der Waals surface area contributed by atoms with Crippen LogP contribution >= 0.6 is 0 Å². The van der Waals surface area contributed by atoms with Gasteiger partial charge in [-0.15, -0.1) is 0 Å². The highest BCUT2D eigenvalue weighted by molar-refractivity contribution is 6.30. The summed E-state index contributed by atoms with van der Waals surface area (Å²) in [5.41, 5.74) is 13.1. The molecule has 0 radical (unpaired) electrons. The number of furan rings is 1. The number of anilines is 3. The first kappa shape index (κ1) is 33.3. The van der Waals surface area contributed by atoms with Gasteiger partial charge in [0.2, 0.25) is 0 Å². The SMILES string of the molecule is c1ccc(-c2ccc(N(c3ccccc3)c3cccc(-n4c5ccccc5c5c(-c6cc7ccccc7c7ccccc67)c6c(cc54)oc4ccccc46)c3)cc2)cc1. The van der Waals surface area contributed by atoms with Crippen molar-refractivity contribution in [3.63, 3.8) is 0 Å². The first-order valence-electron chi connectivity index (χ1n) is 20.2. The van der Waals surface area contributed by atoms with Crippen molar-refractivity contribution in [2.75, 3.05) is 4.90 Å². The number of nitrogens with zero attached hydrogens (tertiary/aromatic N) is 2. The van der Waals surface area contributed by atoms with Gasteiger partial charge >= 0.3 is 0 Å². The Morgan fingerprint density at radius 2 is 0.966 bits per heavy atom. The summed E-state index contributed by atoms with van der Waals surface area (Å²) in [7, 11) is 0. The van der Waals surface area contributed by atoms with E-state index in [4.69, 9.17) is 4.42 Å². The molecule has 12 rings (SSSR count). The van der Waals surface area contributed by atoms with Gasteiger partial charge in [-0.1, -0.05) is 152 Å². The van der Waals surface area contributed by atoms with Crippen LogP contribution in [0, 0.1) is 0 Å². The summed E-state index contributed by atoms with van der Waals surface area (Å²) in [6.07, 6.45) is 0. The molecule has 12 aromatic rings. The zero-order valence-electron chi connectivity index (χ0n) is 32.1.